The fourth-order valence-corrected chi connectivity index (χ4v) is 2.16. The van der Waals surface area contributed by atoms with Crippen LogP contribution < -0.4 is 4.72 Å². The first-order chi connectivity index (χ1) is 5.79. The Bertz CT molecular complexity index is 146. The van der Waals surface area contributed by atoms with E-state index in [2.05, 4.69) is 4.72 Å². The van der Waals surface area contributed by atoms with Gasteiger partial charge in [-0.2, -0.15) is 0 Å². The van der Waals surface area contributed by atoms with E-state index in [1.807, 2.05) is 0 Å². The quantitative estimate of drug-likeness (QED) is 0.525. The number of nitrogens with one attached hydrogen (secondary N) is 1. The van der Waals surface area contributed by atoms with Gasteiger partial charge in [-0.25, -0.2) is 4.72 Å². The molecule has 0 spiro atoms. The van der Waals surface area contributed by atoms with Crippen LogP contribution in [0.25, 0.3) is 0 Å². The standard InChI is InChI=1S/C8H17NO2S/c10-12(11)9-7-3-6-8-4-1-2-5-8/h8-9H,1-7H2,(H,10,11)/p-1. The minimum Gasteiger partial charge on any atom is -0.760 e. The van der Waals surface area contributed by atoms with Crippen LogP contribution >= 0.6 is 0 Å². The summed E-state index contributed by atoms with van der Waals surface area (Å²) < 4.78 is 22.6. The van der Waals surface area contributed by atoms with E-state index < -0.39 is 11.3 Å². The average Bonchev–Trinajstić information content (AvgIpc) is 2.49. The molecule has 3 nitrogen and oxygen atoms in total. The molecule has 0 radical (unpaired) electrons. The largest absolute Gasteiger partial charge is 0.760 e. The van der Waals surface area contributed by atoms with Crippen LogP contribution in [0.15, 0.2) is 0 Å². The van der Waals surface area contributed by atoms with Crippen molar-refractivity contribution in [3.8, 4) is 0 Å². The lowest BCUT2D eigenvalue weighted by Crippen LogP contribution is -2.18. The van der Waals surface area contributed by atoms with E-state index >= 15 is 0 Å². The predicted octanol–water partition coefficient (Wildman–Crippen LogP) is 1.34. The van der Waals surface area contributed by atoms with Crippen molar-refractivity contribution in [2.45, 2.75) is 38.5 Å². The molecule has 0 aliphatic heterocycles. The summed E-state index contributed by atoms with van der Waals surface area (Å²) in [4.78, 5) is 0. The molecule has 0 aromatic heterocycles. The molecule has 4 heteroatoms. The van der Waals surface area contributed by atoms with E-state index in [1.54, 1.807) is 0 Å². The molecule has 72 valence electrons. The van der Waals surface area contributed by atoms with Crippen molar-refractivity contribution in [3.05, 3.63) is 0 Å². The SMILES string of the molecule is O=S([O-])NCCCC1CCCC1. The summed E-state index contributed by atoms with van der Waals surface area (Å²) in [5, 5.41) is 0. The normalized spacial score (nSPS) is 21.4. The Hall–Kier alpha value is 0.0700. The second-order valence-corrected chi connectivity index (χ2v) is 4.18. The monoisotopic (exact) mass is 190 g/mol. The third-order valence-corrected chi connectivity index (χ3v) is 2.92. The maximum Gasteiger partial charge on any atom is 0.0181 e. The highest BCUT2D eigenvalue weighted by atomic mass is 32.2. The van der Waals surface area contributed by atoms with E-state index in [4.69, 9.17) is 0 Å². The van der Waals surface area contributed by atoms with Gasteiger partial charge in [0.2, 0.25) is 0 Å². The van der Waals surface area contributed by atoms with E-state index in [0.29, 0.717) is 6.54 Å². The van der Waals surface area contributed by atoms with Crippen molar-refractivity contribution < 1.29 is 8.76 Å². The van der Waals surface area contributed by atoms with Gasteiger partial charge < -0.3 is 4.55 Å². The Morgan fingerprint density at radius 1 is 1.42 bits per heavy atom. The molecule has 1 N–H and O–H groups in total. The molecule has 0 amide bonds. The first-order valence-electron chi connectivity index (χ1n) is 4.62. The van der Waals surface area contributed by atoms with Gasteiger partial charge in [0.1, 0.15) is 0 Å². The van der Waals surface area contributed by atoms with Gasteiger partial charge in [-0.15, -0.1) is 0 Å². The predicted molar refractivity (Wildman–Crippen MR) is 48.1 cm³/mol. The second kappa shape index (κ2) is 5.67. The lowest BCUT2D eigenvalue weighted by atomic mass is 10.0. The molecule has 1 unspecified atom stereocenters. The minimum absolute atomic E-state index is 0.604. The van der Waals surface area contributed by atoms with Crippen molar-refractivity contribution in [1.82, 2.24) is 4.72 Å². The van der Waals surface area contributed by atoms with E-state index in [0.717, 1.165) is 12.3 Å². The Kier molecular flexibility index (Phi) is 4.80. The third kappa shape index (κ3) is 4.18. The molecule has 0 aromatic rings. The molecular weight excluding hydrogens is 174 g/mol. The maximum atomic E-state index is 10.1. The van der Waals surface area contributed by atoms with E-state index in [1.165, 1.54) is 32.1 Å². The van der Waals surface area contributed by atoms with Gasteiger partial charge in [-0.05, 0) is 18.8 Å². The molecule has 1 atom stereocenters. The van der Waals surface area contributed by atoms with Crippen molar-refractivity contribution in [3.63, 3.8) is 0 Å². The first kappa shape index (κ1) is 10.2. The fourth-order valence-electron chi connectivity index (χ4n) is 1.85. The molecule has 0 saturated heterocycles. The van der Waals surface area contributed by atoms with Gasteiger partial charge in [-0.1, -0.05) is 25.7 Å². The highest BCUT2D eigenvalue weighted by molar-refractivity contribution is 7.77. The Labute approximate surface area is 76.4 Å². The average molecular weight is 190 g/mol. The molecule has 1 rings (SSSR count). The van der Waals surface area contributed by atoms with Crippen LogP contribution in [0.4, 0.5) is 0 Å². The third-order valence-electron chi connectivity index (χ3n) is 2.48. The van der Waals surface area contributed by atoms with E-state index in [-0.39, 0.29) is 0 Å². The van der Waals surface area contributed by atoms with Crippen LogP contribution in [-0.2, 0) is 11.3 Å². The number of hydrogen-bond donors (Lipinski definition) is 1. The molecular formula is C8H16NO2S-. The summed E-state index contributed by atoms with van der Waals surface area (Å²) in [5.41, 5.74) is 0. The van der Waals surface area contributed by atoms with Crippen LogP contribution in [0.2, 0.25) is 0 Å². The zero-order valence-corrected chi connectivity index (χ0v) is 8.07. The van der Waals surface area contributed by atoms with Crippen LogP contribution in [0.1, 0.15) is 38.5 Å². The topological polar surface area (TPSA) is 52.2 Å². The first-order valence-corrected chi connectivity index (χ1v) is 5.69. The molecule has 1 aliphatic rings. The smallest absolute Gasteiger partial charge is 0.0181 e. The van der Waals surface area contributed by atoms with Gasteiger partial charge >= 0.3 is 0 Å². The highest BCUT2D eigenvalue weighted by Crippen LogP contribution is 2.28. The minimum atomic E-state index is -2.07. The van der Waals surface area contributed by atoms with Gasteiger partial charge in [0.15, 0.2) is 0 Å². The summed E-state index contributed by atoms with van der Waals surface area (Å²) in [5.74, 6) is 0.867. The Morgan fingerprint density at radius 2 is 2.08 bits per heavy atom. The Balaban J connectivity index is 1.91. The van der Waals surface area contributed by atoms with Gasteiger partial charge in [0, 0.05) is 17.8 Å². The number of rotatable bonds is 5. The van der Waals surface area contributed by atoms with Crippen molar-refractivity contribution in [1.29, 1.82) is 0 Å². The molecule has 1 saturated carbocycles. The Morgan fingerprint density at radius 3 is 2.67 bits per heavy atom. The molecule has 0 aromatic carbocycles. The lowest BCUT2D eigenvalue weighted by Gasteiger charge is -2.09. The summed E-state index contributed by atoms with van der Waals surface area (Å²) in [6, 6.07) is 0. The summed E-state index contributed by atoms with van der Waals surface area (Å²) in [6.45, 7) is 0.604. The van der Waals surface area contributed by atoms with Crippen LogP contribution in [0.3, 0.4) is 0 Å². The van der Waals surface area contributed by atoms with Gasteiger partial charge in [0.25, 0.3) is 0 Å². The van der Waals surface area contributed by atoms with Crippen LogP contribution in [0, 0.1) is 5.92 Å². The lowest BCUT2D eigenvalue weighted by molar-refractivity contribution is 0.475. The zero-order valence-electron chi connectivity index (χ0n) is 7.25. The molecule has 0 heterocycles. The van der Waals surface area contributed by atoms with Gasteiger partial charge in [0.05, 0.1) is 0 Å². The molecule has 0 bridgehead atoms. The van der Waals surface area contributed by atoms with Crippen molar-refractivity contribution in [2.24, 2.45) is 5.92 Å². The summed E-state index contributed by atoms with van der Waals surface area (Å²) in [6.07, 6.45) is 7.60. The summed E-state index contributed by atoms with van der Waals surface area (Å²) in [7, 11) is 0. The fraction of sp³-hybridized carbons (Fsp3) is 1.00. The number of hydrogen-bond acceptors (Lipinski definition) is 2. The zero-order chi connectivity index (χ0) is 8.81. The van der Waals surface area contributed by atoms with Gasteiger partial charge in [-0.3, -0.25) is 4.21 Å². The van der Waals surface area contributed by atoms with Crippen molar-refractivity contribution in [2.75, 3.05) is 6.54 Å². The molecule has 1 aliphatic carbocycles. The van der Waals surface area contributed by atoms with E-state index in [9.17, 15) is 8.76 Å². The second-order valence-electron chi connectivity index (χ2n) is 3.42. The van der Waals surface area contributed by atoms with Crippen LogP contribution in [-0.4, -0.2) is 15.3 Å². The van der Waals surface area contributed by atoms with Crippen molar-refractivity contribution >= 4 is 11.3 Å². The molecule has 1 fully saturated rings. The maximum absolute atomic E-state index is 10.1. The summed E-state index contributed by atoms with van der Waals surface area (Å²) >= 11 is -2.07. The highest BCUT2D eigenvalue weighted by Gasteiger charge is 2.13. The van der Waals surface area contributed by atoms with Crippen LogP contribution in [0.5, 0.6) is 0 Å². The molecule has 12 heavy (non-hydrogen) atoms.